The van der Waals surface area contributed by atoms with Gasteiger partial charge in [-0.15, -0.1) is 11.3 Å². The summed E-state index contributed by atoms with van der Waals surface area (Å²) in [5.74, 6) is 0.648. The SMILES string of the molecule is c1ccc(-c2cccc(-c3cc(-c4ccccc4)nc(-n4c5ccccc5c5ccc(-c6cccc7c6sc6ccccc67)cc54)n3)c2)cc1. The lowest BCUT2D eigenvalue weighted by atomic mass is 10.0. The number of hydrogen-bond donors (Lipinski definition) is 0. The Morgan fingerprint density at radius 2 is 1.00 bits per heavy atom. The zero-order chi connectivity index (χ0) is 33.0. The van der Waals surface area contributed by atoms with Gasteiger partial charge in [-0.1, -0.05) is 146 Å². The highest BCUT2D eigenvalue weighted by atomic mass is 32.1. The molecule has 10 rings (SSSR count). The molecule has 0 saturated carbocycles. The topological polar surface area (TPSA) is 30.7 Å². The normalized spacial score (nSPS) is 11.6. The van der Waals surface area contributed by atoms with Crippen LogP contribution in [0.3, 0.4) is 0 Å². The number of benzene rings is 7. The van der Waals surface area contributed by atoms with Gasteiger partial charge in [-0.25, -0.2) is 9.97 Å². The minimum absolute atomic E-state index is 0.648. The lowest BCUT2D eigenvalue weighted by molar-refractivity contribution is 0.996. The smallest absolute Gasteiger partial charge is 0.235 e. The molecule has 0 N–H and O–H groups in total. The van der Waals surface area contributed by atoms with Crippen molar-refractivity contribution in [2.75, 3.05) is 0 Å². The van der Waals surface area contributed by atoms with Crippen LogP contribution in [0.5, 0.6) is 0 Å². The molecule has 0 bridgehead atoms. The van der Waals surface area contributed by atoms with E-state index in [-0.39, 0.29) is 0 Å². The van der Waals surface area contributed by atoms with Crippen LogP contribution in [0.25, 0.3) is 92.7 Å². The molecule has 234 valence electrons. The summed E-state index contributed by atoms with van der Waals surface area (Å²) in [4.78, 5) is 10.6. The quantitative estimate of drug-likeness (QED) is 0.185. The summed E-state index contributed by atoms with van der Waals surface area (Å²) in [7, 11) is 0. The number of hydrogen-bond acceptors (Lipinski definition) is 3. The van der Waals surface area contributed by atoms with E-state index in [0.717, 1.165) is 39.1 Å². The zero-order valence-electron chi connectivity index (χ0n) is 27.0. The first-order valence-electron chi connectivity index (χ1n) is 16.8. The predicted molar refractivity (Wildman–Crippen MR) is 211 cm³/mol. The molecule has 0 unspecified atom stereocenters. The minimum atomic E-state index is 0.648. The van der Waals surface area contributed by atoms with Crippen LogP contribution >= 0.6 is 11.3 Å². The Hall–Kier alpha value is -6.36. The van der Waals surface area contributed by atoms with Crippen LogP contribution in [-0.2, 0) is 0 Å². The van der Waals surface area contributed by atoms with Crippen LogP contribution in [0.15, 0.2) is 176 Å². The third-order valence-electron chi connectivity index (χ3n) is 9.64. The molecule has 0 aliphatic heterocycles. The van der Waals surface area contributed by atoms with Gasteiger partial charge >= 0.3 is 0 Å². The molecule has 0 fully saturated rings. The lowest BCUT2D eigenvalue weighted by Gasteiger charge is -2.13. The monoisotopic (exact) mass is 655 g/mol. The highest BCUT2D eigenvalue weighted by Crippen LogP contribution is 2.42. The molecule has 0 aliphatic carbocycles. The third kappa shape index (κ3) is 4.73. The summed E-state index contributed by atoms with van der Waals surface area (Å²) in [6.07, 6.45) is 0. The van der Waals surface area contributed by atoms with Gasteiger partial charge in [0.15, 0.2) is 0 Å². The molecule has 50 heavy (non-hydrogen) atoms. The van der Waals surface area contributed by atoms with E-state index in [4.69, 9.17) is 9.97 Å². The molecular formula is C46H29N3S. The lowest BCUT2D eigenvalue weighted by Crippen LogP contribution is -2.04. The van der Waals surface area contributed by atoms with E-state index in [1.54, 1.807) is 0 Å². The molecule has 0 aliphatic rings. The van der Waals surface area contributed by atoms with Gasteiger partial charge in [-0.05, 0) is 52.6 Å². The van der Waals surface area contributed by atoms with Crippen molar-refractivity contribution >= 4 is 53.3 Å². The van der Waals surface area contributed by atoms with Gasteiger partial charge in [0.25, 0.3) is 0 Å². The van der Waals surface area contributed by atoms with Crippen LogP contribution in [0.1, 0.15) is 0 Å². The molecule has 0 atom stereocenters. The Kier molecular flexibility index (Phi) is 6.68. The average Bonchev–Trinajstić information content (AvgIpc) is 3.74. The van der Waals surface area contributed by atoms with E-state index in [1.165, 1.54) is 47.6 Å². The van der Waals surface area contributed by atoms with Gasteiger partial charge in [-0.2, -0.15) is 0 Å². The molecular weight excluding hydrogens is 627 g/mol. The predicted octanol–water partition coefficient (Wildman–Crippen LogP) is 12.6. The fourth-order valence-electron chi connectivity index (χ4n) is 7.26. The largest absolute Gasteiger partial charge is 0.278 e. The third-order valence-corrected chi connectivity index (χ3v) is 10.9. The maximum absolute atomic E-state index is 5.34. The highest BCUT2D eigenvalue weighted by molar-refractivity contribution is 7.26. The molecule has 3 heterocycles. The second kappa shape index (κ2) is 11.7. The molecule has 0 saturated heterocycles. The number of aromatic nitrogens is 3. The Balaban J connectivity index is 1.22. The van der Waals surface area contributed by atoms with Gasteiger partial charge in [0.2, 0.25) is 5.95 Å². The Morgan fingerprint density at radius 1 is 0.380 bits per heavy atom. The van der Waals surface area contributed by atoms with Gasteiger partial charge in [0.05, 0.1) is 22.4 Å². The molecule has 4 heteroatoms. The average molecular weight is 656 g/mol. The second-order valence-corrected chi connectivity index (χ2v) is 13.7. The van der Waals surface area contributed by atoms with Gasteiger partial charge in [-0.3, -0.25) is 4.57 Å². The standard InChI is InChI=1S/C46H29N3S/c1-3-13-30(14-4-1)32-17-11-18-34(27-32)41-29-40(31-15-5-2-6-16-31)47-46(48-41)49-42-23-9-7-19-36(42)37-26-25-33(28-43(37)49)35-21-12-22-39-38-20-8-10-24-44(38)50-45(35)39/h1-29H. The number of rotatable bonds is 5. The van der Waals surface area contributed by atoms with Crippen molar-refractivity contribution in [1.82, 2.24) is 14.5 Å². The first-order valence-corrected chi connectivity index (χ1v) is 17.6. The van der Waals surface area contributed by atoms with Crippen molar-refractivity contribution in [2.24, 2.45) is 0 Å². The van der Waals surface area contributed by atoms with Crippen molar-refractivity contribution < 1.29 is 0 Å². The summed E-state index contributed by atoms with van der Waals surface area (Å²) in [5, 5.41) is 4.95. The molecule has 3 aromatic heterocycles. The summed E-state index contributed by atoms with van der Waals surface area (Å²) in [6, 6.07) is 62.5. The maximum Gasteiger partial charge on any atom is 0.235 e. The zero-order valence-corrected chi connectivity index (χ0v) is 27.8. The summed E-state index contributed by atoms with van der Waals surface area (Å²) in [5.41, 5.74) is 10.8. The fourth-order valence-corrected chi connectivity index (χ4v) is 8.49. The van der Waals surface area contributed by atoms with E-state index in [0.29, 0.717) is 5.95 Å². The number of para-hydroxylation sites is 1. The Morgan fingerprint density at radius 3 is 1.84 bits per heavy atom. The molecule has 0 amide bonds. The molecule has 10 aromatic rings. The van der Waals surface area contributed by atoms with Crippen LogP contribution < -0.4 is 0 Å². The number of thiophene rings is 1. The summed E-state index contributed by atoms with van der Waals surface area (Å²) in [6.45, 7) is 0. The van der Waals surface area contributed by atoms with Crippen molar-refractivity contribution in [2.45, 2.75) is 0 Å². The van der Waals surface area contributed by atoms with Crippen molar-refractivity contribution in [3.8, 4) is 50.7 Å². The molecule has 0 spiro atoms. The minimum Gasteiger partial charge on any atom is -0.278 e. The van der Waals surface area contributed by atoms with Gasteiger partial charge < -0.3 is 0 Å². The van der Waals surface area contributed by atoms with Crippen molar-refractivity contribution in [1.29, 1.82) is 0 Å². The second-order valence-electron chi connectivity index (χ2n) is 12.6. The van der Waals surface area contributed by atoms with Gasteiger partial charge in [0.1, 0.15) is 0 Å². The van der Waals surface area contributed by atoms with Gasteiger partial charge in [0, 0.05) is 42.1 Å². The number of fused-ring (bicyclic) bond motifs is 6. The van der Waals surface area contributed by atoms with Crippen molar-refractivity contribution in [3.63, 3.8) is 0 Å². The molecule has 0 radical (unpaired) electrons. The first kappa shape index (κ1) is 28.6. The van der Waals surface area contributed by atoms with Crippen molar-refractivity contribution in [3.05, 3.63) is 176 Å². The highest BCUT2D eigenvalue weighted by Gasteiger charge is 2.19. The summed E-state index contributed by atoms with van der Waals surface area (Å²) >= 11 is 1.86. The van der Waals surface area contributed by atoms with E-state index in [2.05, 4.69) is 174 Å². The molecule has 3 nitrogen and oxygen atoms in total. The van der Waals surface area contributed by atoms with Crippen LogP contribution in [0.2, 0.25) is 0 Å². The number of nitrogens with zero attached hydrogens (tertiary/aromatic N) is 3. The van der Waals surface area contributed by atoms with Crippen LogP contribution in [-0.4, -0.2) is 14.5 Å². The van der Waals surface area contributed by atoms with E-state index >= 15 is 0 Å². The van der Waals surface area contributed by atoms with Crippen LogP contribution in [0, 0.1) is 0 Å². The maximum atomic E-state index is 5.34. The summed E-state index contributed by atoms with van der Waals surface area (Å²) < 4.78 is 4.86. The Labute approximate surface area is 293 Å². The molecule has 7 aromatic carbocycles. The van der Waals surface area contributed by atoms with Crippen LogP contribution in [0.4, 0.5) is 0 Å². The Bertz CT molecular complexity index is 2870. The first-order chi connectivity index (χ1) is 24.8. The fraction of sp³-hybridized carbons (Fsp3) is 0. The van der Waals surface area contributed by atoms with E-state index in [9.17, 15) is 0 Å². The van der Waals surface area contributed by atoms with E-state index < -0.39 is 0 Å². The van der Waals surface area contributed by atoms with E-state index in [1.807, 2.05) is 17.4 Å².